The molecule has 7 nitrogen and oxygen atoms in total. The van der Waals surface area contributed by atoms with Crippen LogP contribution >= 0.6 is 11.7 Å². The monoisotopic (exact) mass is 377 g/mol. The molecule has 2 heterocycles. The molecule has 0 radical (unpaired) electrons. The number of hydrogen-bond donors (Lipinski definition) is 1. The molecule has 0 atom stereocenters. The van der Waals surface area contributed by atoms with Gasteiger partial charge in [-0.1, -0.05) is 30.3 Å². The molecule has 27 heavy (non-hydrogen) atoms. The molecule has 134 valence electrons. The van der Waals surface area contributed by atoms with Crippen LogP contribution < -0.4 is 10.9 Å². The minimum absolute atomic E-state index is 0.209. The van der Waals surface area contributed by atoms with Crippen molar-refractivity contribution in [1.82, 2.24) is 23.8 Å². The number of rotatable bonds is 5. The Morgan fingerprint density at radius 1 is 1.00 bits per heavy atom. The quantitative estimate of drug-likeness (QED) is 0.577. The van der Waals surface area contributed by atoms with Crippen LogP contribution in [0.3, 0.4) is 0 Å². The second-order valence-electron chi connectivity index (χ2n) is 5.87. The summed E-state index contributed by atoms with van der Waals surface area (Å²) in [6, 6.07) is 18.0. The normalized spacial score (nSPS) is 10.8. The molecular weight excluding hydrogens is 362 g/mol. The van der Waals surface area contributed by atoms with Crippen LogP contribution in [0.5, 0.6) is 0 Å². The molecule has 0 aliphatic carbocycles. The summed E-state index contributed by atoms with van der Waals surface area (Å²) in [6.07, 6.45) is 0. The molecular formula is C19H15N5O2S. The lowest BCUT2D eigenvalue weighted by Gasteiger charge is -2.08. The average Bonchev–Trinajstić information content (AvgIpc) is 3.18. The van der Waals surface area contributed by atoms with Crippen LogP contribution in [0.2, 0.25) is 0 Å². The predicted octanol–water partition coefficient (Wildman–Crippen LogP) is 2.35. The molecule has 1 N–H and O–H groups in total. The van der Waals surface area contributed by atoms with Gasteiger partial charge in [-0.2, -0.15) is 13.8 Å². The van der Waals surface area contributed by atoms with Gasteiger partial charge in [0.1, 0.15) is 11.0 Å². The molecule has 0 spiro atoms. The van der Waals surface area contributed by atoms with Crippen molar-refractivity contribution in [2.75, 3.05) is 6.54 Å². The highest BCUT2D eigenvalue weighted by molar-refractivity contribution is 7.00. The SMILES string of the molecule is O=C(NCCn1nc(-c2ccccc2)ccc1=O)c1ccc2nsnc2c1. The number of hydrogen-bond acceptors (Lipinski definition) is 6. The van der Waals surface area contributed by atoms with Crippen molar-refractivity contribution >= 4 is 28.7 Å². The third-order valence-corrected chi connectivity index (χ3v) is 4.62. The van der Waals surface area contributed by atoms with Gasteiger partial charge in [0, 0.05) is 23.7 Å². The summed E-state index contributed by atoms with van der Waals surface area (Å²) in [5, 5.41) is 7.19. The number of carbonyl (C=O) groups is 1. The van der Waals surface area contributed by atoms with Crippen molar-refractivity contribution in [3.63, 3.8) is 0 Å². The fourth-order valence-corrected chi connectivity index (χ4v) is 3.19. The number of carbonyl (C=O) groups excluding carboxylic acids is 1. The lowest BCUT2D eigenvalue weighted by atomic mass is 10.1. The predicted molar refractivity (Wildman–Crippen MR) is 104 cm³/mol. The molecule has 0 saturated heterocycles. The summed E-state index contributed by atoms with van der Waals surface area (Å²) in [5.41, 5.74) is 3.40. The zero-order chi connectivity index (χ0) is 18.6. The molecule has 0 fully saturated rings. The molecule has 0 aliphatic heterocycles. The van der Waals surface area contributed by atoms with Gasteiger partial charge < -0.3 is 5.32 Å². The second kappa shape index (κ2) is 7.46. The van der Waals surface area contributed by atoms with Gasteiger partial charge in [-0.25, -0.2) is 4.68 Å². The van der Waals surface area contributed by atoms with Crippen LogP contribution in [0, 0.1) is 0 Å². The van der Waals surface area contributed by atoms with E-state index in [0.29, 0.717) is 16.8 Å². The minimum atomic E-state index is -0.225. The standard InChI is InChI=1S/C19H15N5O2S/c25-18-9-8-15(13-4-2-1-3-5-13)21-24(18)11-10-20-19(26)14-6-7-16-17(12-14)23-27-22-16/h1-9,12H,10-11H2,(H,20,26). The Bertz CT molecular complexity index is 1150. The highest BCUT2D eigenvalue weighted by atomic mass is 32.1. The van der Waals surface area contributed by atoms with Gasteiger partial charge in [-0.3, -0.25) is 9.59 Å². The number of amides is 1. The molecule has 2 aromatic heterocycles. The molecule has 2 aromatic carbocycles. The summed E-state index contributed by atoms with van der Waals surface area (Å²) < 4.78 is 9.61. The van der Waals surface area contributed by atoms with E-state index in [1.165, 1.54) is 10.7 Å². The summed E-state index contributed by atoms with van der Waals surface area (Å²) in [4.78, 5) is 24.3. The third kappa shape index (κ3) is 3.75. The lowest BCUT2D eigenvalue weighted by Crippen LogP contribution is -2.31. The topological polar surface area (TPSA) is 89.8 Å². The van der Waals surface area contributed by atoms with Gasteiger partial charge in [-0.15, -0.1) is 0 Å². The number of aromatic nitrogens is 4. The van der Waals surface area contributed by atoms with E-state index in [9.17, 15) is 9.59 Å². The third-order valence-electron chi connectivity index (χ3n) is 4.06. The minimum Gasteiger partial charge on any atom is -0.350 e. The smallest absolute Gasteiger partial charge is 0.266 e. The van der Waals surface area contributed by atoms with Crippen LogP contribution in [0.4, 0.5) is 0 Å². The molecule has 4 aromatic rings. The van der Waals surface area contributed by atoms with Crippen molar-refractivity contribution in [3.05, 3.63) is 76.6 Å². The first kappa shape index (κ1) is 17.0. The van der Waals surface area contributed by atoms with Crippen molar-refractivity contribution < 1.29 is 4.79 Å². The van der Waals surface area contributed by atoms with E-state index in [4.69, 9.17) is 0 Å². The largest absolute Gasteiger partial charge is 0.350 e. The van der Waals surface area contributed by atoms with Crippen LogP contribution in [0.1, 0.15) is 10.4 Å². The van der Waals surface area contributed by atoms with Gasteiger partial charge in [0.05, 0.1) is 24.0 Å². The van der Waals surface area contributed by atoms with E-state index in [-0.39, 0.29) is 24.6 Å². The van der Waals surface area contributed by atoms with Crippen LogP contribution in [0.25, 0.3) is 22.3 Å². The van der Waals surface area contributed by atoms with Crippen molar-refractivity contribution in [2.45, 2.75) is 6.54 Å². The molecule has 0 unspecified atom stereocenters. The van der Waals surface area contributed by atoms with Crippen molar-refractivity contribution in [1.29, 1.82) is 0 Å². The summed E-state index contributed by atoms with van der Waals surface area (Å²) >= 11 is 1.11. The zero-order valence-electron chi connectivity index (χ0n) is 14.2. The second-order valence-corrected chi connectivity index (χ2v) is 6.40. The fourth-order valence-electron chi connectivity index (χ4n) is 2.67. The Morgan fingerprint density at radius 2 is 1.81 bits per heavy atom. The summed E-state index contributed by atoms with van der Waals surface area (Å²) in [5.74, 6) is -0.225. The van der Waals surface area contributed by atoms with Gasteiger partial charge in [0.2, 0.25) is 0 Å². The highest BCUT2D eigenvalue weighted by Gasteiger charge is 2.09. The molecule has 0 saturated carbocycles. The Kier molecular flexibility index (Phi) is 4.71. The number of benzene rings is 2. The van der Waals surface area contributed by atoms with Crippen LogP contribution in [-0.2, 0) is 6.54 Å². The summed E-state index contributed by atoms with van der Waals surface area (Å²) in [7, 11) is 0. The van der Waals surface area contributed by atoms with Gasteiger partial charge in [0.15, 0.2) is 0 Å². The van der Waals surface area contributed by atoms with Gasteiger partial charge >= 0.3 is 0 Å². The first-order valence-corrected chi connectivity index (χ1v) is 9.08. The maximum Gasteiger partial charge on any atom is 0.266 e. The maximum absolute atomic E-state index is 12.3. The van der Waals surface area contributed by atoms with E-state index in [2.05, 4.69) is 19.2 Å². The van der Waals surface area contributed by atoms with E-state index in [0.717, 1.165) is 22.8 Å². The molecule has 4 rings (SSSR count). The van der Waals surface area contributed by atoms with E-state index in [1.54, 1.807) is 24.3 Å². The van der Waals surface area contributed by atoms with E-state index in [1.807, 2.05) is 30.3 Å². The lowest BCUT2D eigenvalue weighted by molar-refractivity contribution is 0.0952. The molecule has 0 bridgehead atoms. The molecule has 1 amide bonds. The highest BCUT2D eigenvalue weighted by Crippen LogP contribution is 2.14. The van der Waals surface area contributed by atoms with Crippen molar-refractivity contribution in [3.8, 4) is 11.3 Å². The summed E-state index contributed by atoms with van der Waals surface area (Å²) in [6.45, 7) is 0.573. The van der Waals surface area contributed by atoms with Crippen LogP contribution in [0.15, 0.2) is 65.5 Å². The number of fused-ring (bicyclic) bond motifs is 1. The van der Waals surface area contributed by atoms with E-state index < -0.39 is 0 Å². The zero-order valence-corrected chi connectivity index (χ0v) is 15.0. The first-order valence-electron chi connectivity index (χ1n) is 8.35. The Morgan fingerprint density at radius 3 is 2.67 bits per heavy atom. The maximum atomic E-state index is 12.3. The molecule has 0 aliphatic rings. The Labute approximate surface area is 158 Å². The molecule has 8 heteroatoms. The Hall–Kier alpha value is -3.39. The number of nitrogens with zero attached hydrogens (tertiary/aromatic N) is 4. The Balaban J connectivity index is 1.44. The van der Waals surface area contributed by atoms with Gasteiger partial charge in [-0.05, 0) is 24.3 Å². The average molecular weight is 377 g/mol. The van der Waals surface area contributed by atoms with Crippen molar-refractivity contribution in [2.24, 2.45) is 0 Å². The van der Waals surface area contributed by atoms with Gasteiger partial charge in [0.25, 0.3) is 11.5 Å². The fraction of sp³-hybridized carbons (Fsp3) is 0.105. The van der Waals surface area contributed by atoms with Crippen LogP contribution in [-0.4, -0.2) is 31.0 Å². The first-order chi connectivity index (χ1) is 13.2. The van der Waals surface area contributed by atoms with E-state index >= 15 is 0 Å². The number of nitrogens with one attached hydrogen (secondary N) is 1.